The van der Waals surface area contributed by atoms with E-state index in [1.165, 1.54) is 0 Å². The molecular formula is C26H29N3O3. The van der Waals surface area contributed by atoms with Crippen molar-refractivity contribution in [2.45, 2.75) is 24.4 Å². The van der Waals surface area contributed by atoms with Crippen LogP contribution in [0.5, 0.6) is 0 Å². The van der Waals surface area contributed by atoms with Gasteiger partial charge in [0.05, 0.1) is 38.2 Å². The number of amides is 2. The fourth-order valence-corrected chi connectivity index (χ4v) is 4.66. The molecule has 0 saturated carbocycles. The molecule has 2 fully saturated rings. The van der Waals surface area contributed by atoms with Gasteiger partial charge in [0.2, 0.25) is 11.8 Å². The predicted molar refractivity (Wildman–Crippen MR) is 123 cm³/mol. The Labute approximate surface area is 189 Å². The van der Waals surface area contributed by atoms with E-state index in [2.05, 4.69) is 11.8 Å². The highest BCUT2D eigenvalue weighted by atomic mass is 16.3. The van der Waals surface area contributed by atoms with E-state index in [4.69, 9.17) is 0 Å². The van der Waals surface area contributed by atoms with Gasteiger partial charge in [0.25, 0.3) is 0 Å². The lowest BCUT2D eigenvalue weighted by Gasteiger charge is -2.58. The zero-order valence-corrected chi connectivity index (χ0v) is 18.6. The van der Waals surface area contributed by atoms with E-state index in [0.29, 0.717) is 13.1 Å². The molecule has 6 nitrogen and oxygen atoms in total. The second kappa shape index (κ2) is 9.56. The average Bonchev–Trinajstić information content (AvgIpc) is 2.76. The van der Waals surface area contributed by atoms with Gasteiger partial charge in [-0.15, -0.1) is 0 Å². The summed E-state index contributed by atoms with van der Waals surface area (Å²) in [6.07, 6.45) is 0.287. The van der Waals surface area contributed by atoms with Crippen LogP contribution in [0, 0.1) is 11.8 Å². The minimum atomic E-state index is -0.246. The maximum Gasteiger partial charge on any atom is 0.242 e. The maximum atomic E-state index is 12.9. The molecule has 2 aromatic rings. The van der Waals surface area contributed by atoms with Crippen molar-refractivity contribution in [1.29, 1.82) is 0 Å². The second-order valence-electron chi connectivity index (χ2n) is 8.74. The third kappa shape index (κ3) is 4.55. The van der Waals surface area contributed by atoms with Crippen molar-refractivity contribution >= 4 is 11.8 Å². The summed E-state index contributed by atoms with van der Waals surface area (Å²) in [6.45, 7) is 1.17. The van der Waals surface area contributed by atoms with E-state index in [-0.39, 0.29) is 49.4 Å². The van der Waals surface area contributed by atoms with Crippen molar-refractivity contribution in [2.75, 3.05) is 40.3 Å². The number of rotatable bonds is 5. The number of piperazine rings is 1. The van der Waals surface area contributed by atoms with E-state index < -0.39 is 0 Å². The number of fused-ring (bicyclic) bond motifs is 1. The predicted octanol–water partition coefficient (Wildman–Crippen LogP) is 1.34. The van der Waals surface area contributed by atoms with Gasteiger partial charge in [-0.2, -0.15) is 0 Å². The Morgan fingerprint density at radius 2 is 1.84 bits per heavy atom. The fourth-order valence-electron chi connectivity index (χ4n) is 4.66. The van der Waals surface area contributed by atoms with Gasteiger partial charge in [-0.05, 0) is 37.4 Å². The van der Waals surface area contributed by atoms with Crippen LogP contribution in [0.4, 0.5) is 0 Å². The van der Waals surface area contributed by atoms with Crippen LogP contribution in [0.3, 0.4) is 0 Å². The number of hydrogen-bond donors (Lipinski definition) is 1. The van der Waals surface area contributed by atoms with Gasteiger partial charge in [-0.25, -0.2) is 0 Å². The molecule has 2 aliphatic rings. The van der Waals surface area contributed by atoms with Crippen molar-refractivity contribution in [2.24, 2.45) is 0 Å². The molecule has 0 aliphatic carbocycles. The molecule has 166 valence electrons. The molecule has 2 aliphatic heterocycles. The number of aliphatic hydroxyl groups excluding tert-OH is 1. The van der Waals surface area contributed by atoms with E-state index in [9.17, 15) is 14.7 Å². The number of aliphatic hydroxyl groups is 1. The Bertz CT molecular complexity index is 1020. The maximum absolute atomic E-state index is 12.9. The molecule has 0 radical (unpaired) electrons. The molecule has 2 heterocycles. The summed E-state index contributed by atoms with van der Waals surface area (Å²) in [5, 5.41) is 9.97. The smallest absolute Gasteiger partial charge is 0.242 e. The molecule has 1 N–H and O–H groups in total. The van der Waals surface area contributed by atoms with Crippen molar-refractivity contribution in [1.82, 2.24) is 14.7 Å². The molecule has 2 amide bonds. The summed E-state index contributed by atoms with van der Waals surface area (Å²) >= 11 is 0. The quantitative estimate of drug-likeness (QED) is 0.726. The Balaban J connectivity index is 1.48. The number of nitrogens with zero attached hydrogens (tertiary/aromatic N) is 3. The van der Waals surface area contributed by atoms with Gasteiger partial charge in [0, 0.05) is 18.0 Å². The molecular weight excluding hydrogens is 402 g/mol. The minimum absolute atomic E-state index is 0.0000552. The summed E-state index contributed by atoms with van der Waals surface area (Å²) in [6, 6.07) is 17.3. The number of carbonyl (C=O) groups is 2. The van der Waals surface area contributed by atoms with Crippen LogP contribution < -0.4 is 0 Å². The van der Waals surface area contributed by atoms with E-state index in [1.54, 1.807) is 9.80 Å². The lowest BCUT2D eigenvalue weighted by Crippen LogP contribution is -2.73. The highest BCUT2D eigenvalue weighted by molar-refractivity contribution is 5.88. The molecule has 2 aromatic carbocycles. The Morgan fingerprint density at radius 1 is 1.12 bits per heavy atom. The molecule has 0 unspecified atom stereocenters. The summed E-state index contributed by atoms with van der Waals surface area (Å²) in [5.74, 6) is 6.15. The van der Waals surface area contributed by atoms with Crippen LogP contribution in [-0.4, -0.2) is 84.0 Å². The lowest BCUT2D eigenvalue weighted by atomic mass is 9.73. The molecule has 4 rings (SSSR count). The van der Waals surface area contributed by atoms with Gasteiger partial charge < -0.3 is 14.9 Å². The van der Waals surface area contributed by atoms with Gasteiger partial charge in [0.1, 0.15) is 0 Å². The Morgan fingerprint density at radius 3 is 2.50 bits per heavy atom. The van der Waals surface area contributed by atoms with Crippen LogP contribution in [-0.2, 0) is 16.0 Å². The average molecular weight is 432 g/mol. The molecule has 0 spiro atoms. The summed E-state index contributed by atoms with van der Waals surface area (Å²) in [7, 11) is 3.96. The zero-order chi connectivity index (χ0) is 22.7. The summed E-state index contributed by atoms with van der Waals surface area (Å²) in [5.41, 5.74) is 2.94. The zero-order valence-electron chi connectivity index (χ0n) is 18.6. The van der Waals surface area contributed by atoms with Gasteiger partial charge in [0.15, 0.2) is 0 Å². The first kappa shape index (κ1) is 22.1. The van der Waals surface area contributed by atoms with E-state index >= 15 is 0 Å². The Hall–Kier alpha value is -3.14. The first-order chi connectivity index (χ1) is 15.5. The third-order valence-electron chi connectivity index (χ3n) is 6.23. The van der Waals surface area contributed by atoms with Crippen LogP contribution >= 0.6 is 0 Å². The molecule has 0 aromatic heterocycles. The van der Waals surface area contributed by atoms with Crippen molar-refractivity contribution < 1.29 is 14.7 Å². The molecule has 32 heavy (non-hydrogen) atoms. The third-order valence-corrected chi connectivity index (χ3v) is 6.23. The summed E-state index contributed by atoms with van der Waals surface area (Å²) in [4.78, 5) is 31.1. The second-order valence-corrected chi connectivity index (χ2v) is 8.74. The molecule has 6 heteroatoms. The van der Waals surface area contributed by atoms with Crippen molar-refractivity contribution in [3.8, 4) is 11.8 Å². The highest BCUT2D eigenvalue weighted by Crippen LogP contribution is 2.42. The van der Waals surface area contributed by atoms with Crippen LogP contribution in [0.15, 0.2) is 54.6 Å². The normalized spacial score (nSPS) is 22.1. The van der Waals surface area contributed by atoms with Gasteiger partial charge >= 0.3 is 0 Å². The lowest BCUT2D eigenvalue weighted by molar-refractivity contribution is -0.166. The topological polar surface area (TPSA) is 64.1 Å². The largest absolute Gasteiger partial charge is 0.394 e. The molecule has 3 atom stereocenters. The standard InChI is InChI=1S/C26H29N3O3/c1-27(2)14-6-9-19-10-12-21(13-11-19)26-22-16-28(17-25(32)29(22)23(26)18-30)24(31)15-20-7-4-3-5-8-20/h3-5,7-8,10-13,22-23,26,30H,14-18H2,1-2H3/t22-,23-,26-/m1/s1. The molecule has 0 bridgehead atoms. The fraction of sp³-hybridized carbons (Fsp3) is 0.385. The molecule has 2 saturated heterocycles. The SMILES string of the molecule is CN(C)CC#Cc1ccc([C@H]2[C@@H](CO)N3C(=O)CN(C(=O)Cc4ccccc4)C[C@H]23)cc1. The van der Waals surface area contributed by atoms with Crippen LogP contribution in [0.2, 0.25) is 0 Å². The van der Waals surface area contributed by atoms with Gasteiger partial charge in [-0.3, -0.25) is 14.5 Å². The van der Waals surface area contributed by atoms with E-state index in [1.807, 2.05) is 73.6 Å². The number of benzene rings is 2. The Kier molecular flexibility index (Phi) is 6.59. The monoisotopic (exact) mass is 431 g/mol. The van der Waals surface area contributed by atoms with Crippen LogP contribution in [0.25, 0.3) is 0 Å². The first-order valence-electron chi connectivity index (χ1n) is 10.9. The minimum Gasteiger partial charge on any atom is -0.394 e. The van der Waals surface area contributed by atoms with Gasteiger partial charge in [-0.1, -0.05) is 54.3 Å². The van der Waals surface area contributed by atoms with Crippen molar-refractivity contribution in [3.63, 3.8) is 0 Å². The van der Waals surface area contributed by atoms with Crippen LogP contribution in [0.1, 0.15) is 22.6 Å². The first-order valence-corrected chi connectivity index (χ1v) is 10.9. The summed E-state index contributed by atoms with van der Waals surface area (Å²) < 4.78 is 0. The number of carbonyl (C=O) groups excluding carboxylic acids is 2. The van der Waals surface area contributed by atoms with E-state index in [0.717, 1.165) is 16.7 Å². The highest BCUT2D eigenvalue weighted by Gasteiger charge is 2.54. The van der Waals surface area contributed by atoms with Crippen molar-refractivity contribution in [3.05, 3.63) is 71.3 Å². The number of hydrogen-bond acceptors (Lipinski definition) is 4.